The van der Waals surface area contributed by atoms with E-state index in [2.05, 4.69) is 5.32 Å². The van der Waals surface area contributed by atoms with Crippen LogP contribution in [-0.2, 0) is 14.3 Å². The molecule has 0 radical (unpaired) electrons. The molecule has 1 unspecified atom stereocenters. The van der Waals surface area contributed by atoms with Crippen LogP contribution in [0.5, 0.6) is 0 Å². The van der Waals surface area contributed by atoms with Crippen LogP contribution in [0.15, 0.2) is 0 Å². The van der Waals surface area contributed by atoms with E-state index in [1.807, 2.05) is 0 Å². The van der Waals surface area contributed by atoms with Crippen LogP contribution < -0.4 is 5.32 Å². The van der Waals surface area contributed by atoms with Crippen molar-refractivity contribution in [2.24, 2.45) is 5.92 Å². The van der Waals surface area contributed by atoms with Crippen molar-refractivity contribution in [1.29, 1.82) is 0 Å². The molecule has 0 aromatic carbocycles. The largest absolute Gasteiger partial charge is 0.481 e. The maximum Gasteiger partial charge on any atom is 0.407 e. The fraction of sp³-hybridized carbons (Fsp3) is 0.867. The highest BCUT2D eigenvalue weighted by Crippen LogP contribution is 2.22. The Morgan fingerprint density at radius 2 is 1.95 bits per heavy atom. The monoisotopic (exact) mass is 301 g/mol. The Morgan fingerprint density at radius 3 is 2.48 bits per heavy atom. The quantitative estimate of drug-likeness (QED) is 0.787. The van der Waals surface area contributed by atoms with Gasteiger partial charge in [-0.15, -0.1) is 0 Å². The molecule has 6 nitrogen and oxygen atoms in total. The van der Waals surface area contributed by atoms with Gasteiger partial charge in [0.15, 0.2) is 0 Å². The molecule has 1 aliphatic heterocycles. The number of aliphatic carboxylic acids is 1. The molecule has 1 saturated heterocycles. The van der Waals surface area contributed by atoms with Gasteiger partial charge < -0.3 is 19.9 Å². The number of alkyl carbamates (subject to hydrolysis) is 1. The minimum Gasteiger partial charge on any atom is -0.481 e. The Kier molecular flexibility index (Phi) is 6.95. The van der Waals surface area contributed by atoms with Crippen LogP contribution in [-0.4, -0.2) is 42.0 Å². The molecule has 0 aliphatic carbocycles. The molecular formula is C15H27NO5. The number of amides is 1. The number of rotatable bonds is 6. The summed E-state index contributed by atoms with van der Waals surface area (Å²) in [6.07, 6.45) is 2.68. The first-order valence-corrected chi connectivity index (χ1v) is 7.55. The molecule has 1 fully saturated rings. The molecule has 2 N–H and O–H groups in total. The average Bonchev–Trinajstić information content (AvgIpc) is 2.34. The normalized spacial score (nSPS) is 18.0. The molecule has 0 aromatic heterocycles. The Bertz CT molecular complexity index is 344. The SMILES string of the molecule is CC(C)(C)OC(=O)NC(CCC(=O)O)CC1CCOCC1. The molecule has 1 amide bonds. The van der Waals surface area contributed by atoms with Crippen LogP contribution in [0.4, 0.5) is 4.79 Å². The number of carboxylic acids is 1. The molecule has 122 valence electrons. The van der Waals surface area contributed by atoms with Crippen molar-refractivity contribution in [1.82, 2.24) is 5.32 Å². The van der Waals surface area contributed by atoms with Gasteiger partial charge in [-0.3, -0.25) is 4.79 Å². The van der Waals surface area contributed by atoms with Crippen LogP contribution in [0.25, 0.3) is 0 Å². The predicted molar refractivity (Wildman–Crippen MR) is 78.2 cm³/mol. The van der Waals surface area contributed by atoms with Gasteiger partial charge in [0.1, 0.15) is 5.60 Å². The van der Waals surface area contributed by atoms with Gasteiger partial charge in [0.2, 0.25) is 0 Å². The summed E-state index contributed by atoms with van der Waals surface area (Å²) in [5.41, 5.74) is -0.555. The average molecular weight is 301 g/mol. The van der Waals surface area contributed by atoms with Crippen molar-refractivity contribution in [3.05, 3.63) is 0 Å². The first-order valence-electron chi connectivity index (χ1n) is 7.55. The lowest BCUT2D eigenvalue weighted by molar-refractivity contribution is -0.137. The van der Waals surface area contributed by atoms with Gasteiger partial charge in [0.25, 0.3) is 0 Å². The fourth-order valence-electron chi connectivity index (χ4n) is 2.41. The lowest BCUT2D eigenvalue weighted by Gasteiger charge is -2.28. The first-order chi connectivity index (χ1) is 9.76. The van der Waals surface area contributed by atoms with Gasteiger partial charge >= 0.3 is 12.1 Å². The van der Waals surface area contributed by atoms with Crippen LogP contribution in [0.3, 0.4) is 0 Å². The van der Waals surface area contributed by atoms with Crippen molar-refractivity contribution in [2.75, 3.05) is 13.2 Å². The molecule has 1 aliphatic rings. The Labute approximate surface area is 126 Å². The summed E-state index contributed by atoms with van der Waals surface area (Å²) in [4.78, 5) is 22.6. The zero-order valence-electron chi connectivity index (χ0n) is 13.2. The molecule has 6 heteroatoms. The highest BCUT2D eigenvalue weighted by Gasteiger charge is 2.23. The molecule has 0 aromatic rings. The molecule has 1 atom stereocenters. The van der Waals surface area contributed by atoms with Crippen molar-refractivity contribution < 1.29 is 24.2 Å². The third kappa shape index (κ3) is 8.55. The maximum atomic E-state index is 11.8. The number of hydrogen-bond donors (Lipinski definition) is 2. The molecule has 1 heterocycles. The lowest BCUT2D eigenvalue weighted by Crippen LogP contribution is -2.40. The second-order valence-corrected chi connectivity index (χ2v) is 6.57. The van der Waals surface area contributed by atoms with Crippen LogP contribution >= 0.6 is 0 Å². The highest BCUT2D eigenvalue weighted by atomic mass is 16.6. The standard InChI is InChI=1S/C15H27NO5/c1-15(2,3)21-14(19)16-12(4-5-13(17)18)10-11-6-8-20-9-7-11/h11-12H,4-10H2,1-3H3,(H,16,19)(H,17,18). The second-order valence-electron chi connectivity index (χ2n) is 6.57. The molecule has 21 heavy (non-hydrogen) atoms. The fourth-order valence-corrected chi connectivity index (χ4v) is 2.41. The predicted octanol–water partition coefficient (Wildman–Crippen LogP) is 2.56. The van der Waals surface area contributed by atoms with E-state index in [0.29, 0.717) is 12.3 Å². The summed E-state index contributed by atoms with van der Waals surface area (Å²) >= 11 is 0. The molecular weight excluding hydrogens is 274 g/mol. The maximum absolute atomic E-state index is 11.8. The van der Waals surface area contributed by atoms with Crippen molar-refractivity contribution >= 4 is 12.1 Å². The number of hydrogen-bond acceptors (Lipinski definition) is 4. The van der Waals surface area contributed by atoms with Crippen LogP contribution in [0, 0.1) is 5.92 Å². The van der Waals surface area contributed by atoms with E-state index in [1.165, 1.54) is 0 Å². The zero-order chi connectivity index (χ0) is 15.9. The second kappa shape index (κ2) is 8.22. The number of nitrogens with one attached hydrogen (secondary N) is 1. The third-order valence-electron chi connectivity index (χ3n) is 3.39. The van der Waals surface area contributed by atoms with Gasteiger partial charge in [0, 0.05) is 25.7 Å². The topological polar surface area (TPSA) is 84.9 Å². The smallest absolute Gasteiger partial charge is 0.407 e. The van der Waals surface area contributed by atoms with E-state index < -0.39 is 17.7 Å². The Morgan fingerprint density at radius 1 is 1.33 bits per heavy atom. The van der Waals surface area contributed by atoms with E-state index in [-0.39, 0.29) is 12.5 Å². The van der Waals surface area contributed by atoms with E-state index >= 15 is 0 Å². The lowest BCUT2D eigenvalue weighted by atomic mass is 9.91. The number of carbonyl (C=O) groups is 2. The van der Waals surface area contributed by atoms with Gasteiger partial charge in [-0.25, -0.2) is 4.79 Å². The minimum absolute atomic E-state index is 0.0453. The van der Waals surface area contributed by atoms with Crippen LogP contribution in [0.1, 0.15) is 52.9 Å². The summed E-state index contributed by atoms with van der Waals surface area (Å²) in [6, 6.07) is -0.168. The van der Waals surface area contributed by atoms with Gasteiger partial charge in [0.05, 0.1) is 0 Å². The zero-order valence-corrected chi connectivity index (χ0v) is 13.2. The molecule has 0 spiro atoms. The van der Waals surface area contributed by atoms with Crippen molar-refractivity contribution in [2.45, 2.75) is 64.5 Å². The summed E-state index contributed by atoms with van der Waals surface area (Å²) in [5, 5.41) is 11.6. The molecule has 1 rings (SSSR count). The number of carbonyl (C=O) groups excluding carboxylic acids is 1. The van der Waals surface area contributed by atoms with E-state index in [9.17, 15) is 9.59 Å². The van der Waals surface area contributed by atoms with E-state index in [0.717, 1.165) is 32.5 Å². The third-order valence-corrected chi connectivity index (χ3v) is 3.39. The van der Waals surface area contributed by atoms with Crippen molar-refractivity contribution in [3.8, 4) is 0 Å². The summed E-state index contributed by atoms with van der Waals surface area (Å²) in [6.45, 7) is 6.89. The van der Waals surface area contributed by atoms with Gasteiger partial charge in [-0.1, -0.05) is 0 Å². The summed E-state index contributed by atoms with van der Waals surface area (Å²) in [5.74, 6) is -0.384. The molecule has 0 bridgehead atoms. The van der Waals surface area contributed by atoms with Crippen LogP contribution in [0.2, 0.25) is 0 Å². The van der Waals surface area contributed by atoms with E-state index in [4.69, 9.17) is 14.6 Å². The Balaban J connectivity index is 2.50. The van der Waals surface area contributed by atoms with E-state index in [1.54, 1.807) is 20.8 Å². The number of carboxylic acid groups (broad SMARTS) is 1. The summed E-state index contributed by atoms with van der Waals surface area (Å²) in [7, 11) is 0. The van der Waals surface area contributed by atoms with Gasteiger partial charge in [-0.05, 0) is 52.4 Å². The molecule has 0 saturated carbocycles. The first kappa shape index (κ1) is 17.8. The summed E-state index contributed by atoms with van der Waals surface area (Å²) < 4.78 is 10.6. The Hall–Kier alpha value is -1.30. The van der Waals surface area contributed by atoms with Gasteiger partial charge in [-0.2, -0.15) is 0 Å². The number of ether oxygens (including phenoxy) is 2. The van der Waals surface area contributed by atoms with Crippen molar-refractivity contribution in [3.63, 3.8) is 0 Å². The minimum atomic E-state index is -0.849. The highest BCUT2D eigenvalue weighted by molar-refractivity contribution is 5.69.